The normalized spacial score (nSPS) is 11.0. The Morgan fingerprint density at radius 3 is 1.00 bits per heavy atom. The van der Waals surface area contributed by atoms with Gasteiger partial charge in [0.15, 0.2) is 0 Å². The summed E-state index contributed by atoms with van der Waals surface area (Å²) >= 11 is 6.77. The van der Waals surface area contributed by atoms with Crippen LogP contribution in [-0.4, -0.2) is 0 Å². The van der Waals surface area contributed by atoms with Crippen molar-refractivity contribution in [3.8, 4) is 44.5 Å². The molecule has 0 spiro atoms. The summed E-state index contributed by atoms with van der Waals surface area (Å²) in [6.07, 6.45) is 0. The van der Waals surface area contributed by atoms with Crippen LogP contribution in [0.15, 0.2) is 224 Å². The molecule has 0 saturated carbocycles. The van der Waals surface area contributed by atoms with Crippen LogP contribution in [0.3, 0.4) is 0 Å². The van der Waals surface area contributed by atoms with E-state index >= 15 is 8.78 Å². The minimum Gasteiger partial charge on any atom is -0.309 e. The zero-order chi connectivity index (χ0) is 40.1. The van der Waals surface area contributed by atoms with Crippen molar-refractivity contribution in [1.29, 1.82) is 0 Å². The topological polar surface area (TPSA) is 6.48 Å². The van der Waals surface area contributed by atoms with E-state index in [1.54, 1.807) is 12.1 Å². The summed E-state index contributed by atoms with van der Waals surface area (Å²) < 4.78 is 32.4. The molecule has 59 heavy (non-hydrogen) atoms. The van der Waals surface area contributed by atoms with E-state index in [-0.39, 0.29) is 0 Å². The molecule has 0 heterocycles. The first-order chi connectivity index (χ1) is 29.0. The minimum absolute atomic E-state index is 0.410. The van der Waals surface area contributed by atoms with Crippen molar-refractivity contribution in [2.75, 3.05) is 9.80 Å². The Kier molecular flexibility index (Phi) is 10.5. The molecule has 0 aromatic heterocycles. The van der Waals surface area contributed by atoms with E-state index in [1.807, 2.05) is 120 Å². The molecule has 9 rings (SSSR count). The van der Waals surface area contributed by atoms with Crippen LogP contribution in [0.25, 0.3) is 44.5 Å². The highest BCUT2D eigenvalue weighted by atomic mass is 35.5. The largest absolute Gasteiger partial charge is 0.309 e. The third kappa shape index (κ3) is 7.74. The second-order valence-corrected chi connectivity index (χ2v) is 14.6. The van der Waals surface area contributed by atoms with E-state index in [0.717, 1.165) is 61.6 Å². The lowest BCUT2D eigenvalue weighted by Gasteiger charge is -2.33. The quantitative estimate of drug-likeness (QED) is 0.136. The van der Waals surface area contributed by atoms with Crippen molar-refractivity contribution in [2.45, 2.75) is 0 Å². The van der Waals surface area contributed by atoms with Crippen molar-refractivity contribution in [1.82, 2.24) is 0 Å². The molecule has 0 aliphatic rings. The minimum atomic E-state index is -0.470. The summed E-state index contributed by atoms with van der Waals surface area (Å²) in [4.78, 5) is 4.05. The number of anilines is 6. The number of nitrogens with zero attached hydrogens (tertiary/aromatic N) is 2. The third-order valence-corrected chi connectivity index (χ3v) is 10.6. The Bertz CT molecular complexity index is 2560. The first-order valence-electron chi connectivity index (χ1n) is 19.4. The van der Waals surface area contributed by atoms with Gasteiger partial charge in [-0.25, -0.2) is 8.78 Å². The molecule has 0 bridgehead atoms. The summed E-state index contributed by atoms with van der Waals surface area (Å²) in [6, 6.07) is 72.1. The van der Waals surface area contributed by atoms with Crippen molar-refractivity contribution in [2.24, 2.45) is 0 Å². The van der Waals surface area contributed by atoms with Crippen LogP contribution in [0, 0.1) is 11.6 Å². The summed E-state index contributed by atoms with van der Waals surface area (Å²) in [7, 11) is 0. The highest BCUT2D eigenvalue weighted by molar-refractivity contribution is 6.31. The van der Waals surface area contributed by atoms with Crippen molar-refractivity contribution >= 4 is 45.7 Å². The summed E-state index contributed by atoms with van der Waals surface area (Å²) in [5, 5.41) is 0.535. The van der Waals surface area contributed by atoms with Gasteiger partial charge in [0, 0.05) is 38.7 Å². The number of halogens is 3. The van der Waals surface area contributed by atoms with Gasteiger partial charge in [-0.3, -0.25) is 0 Å². The maximum atomic E-state index is 16.9. The summed E-state index contributed by atoms with van der Waals surface area (Å²) in [5.74, 6) is -0.879. The highest BCUT2D eigenvalue weighted by Gasteiger charge is 2.27. The summed E-state index contributed by atoms with van der Waals surface area (Å²) in [6.45, 7) is 0. The molecule has 0 unspecified atom stereocenters. The molecule has 9 aromatic rings. The molecule has 0 N–H and O–H groups in total. The van der Waals surface area contributed by atoms with E-state index < -0.39 is 11.6 Å². The molecule has 9 aromatic carbocycles. The van der Waals surface area contributed by atoms with E-state index in [0.29, 0.717) is 22.1 Å². The Hall–Kier alpha value is -7.27. The van der Waals surface area contributed by atoms with Crippen molar-refractivity contribution in [3.63, 3.8) is 0 Å². The van der Waals surface area contributed by atoms with Crippen LogP contribution in [0.1, 0.15) is 0 Å². The van der Waals surface area contributed by atoms with Gasteiger partial charge in [-0.05, 0) is 76.9 Å². The van der Waals surface area contributed by atoms with Gasteiger partial charge in [-0.2, -0.15) is 0 Å². The van der Waals surface area contributed by atoms with Crippen LogP contribution in [0.2, 0.25) is 5.02 Å². The molecule has 0 aliphatic heterocycles. The van der Waals surface area contributed by atoms with Gasteiger partial charge in [0.1, 0.15) is 11.6 Å². The van der Waals surface area contributed by atoms with Gasteiger partial charge in [-0.1, -0.05) is 181 Å². The monoisotopic (exact) mass is 786 g/mol. The first kappa shape index (κ1) is 37.3. The Balaban J connectivity index is 1.36. The van der Waals surface area contributed by atoms with Gasteiger partial charge in [0.05, 0.1) is 22.7 Å². The molecular weight excluding hydrogens is 750 g/mol. The SMILES string of the molecule is Fc1cccc(N(c2cc(F)cc(N(c3cccc(Cl)c3)c3c(-c4ccccc4)cccc3-c3ccccc3)c2)c2c(-c3ccccc3)cccc2-c2ccccc2)c1. The predicted molar refractivity (Wildman–Crippen MR) is 242 cm³/mol. The molecule has 5 heteroatoms. The van der Waals surface area contributed by atoms with Gasteiger partial charge in [0.2, 0.25) is 0 Å². The fourth-order valence-corrected chi connectivity index (χ4v) is 8.02. The summed E-state index contributed by atoms with van der Waals surface area (Å²) in [5.41, 5.74) is 11.5. The number of benzene rings is 9. The lowest BCUT2D eigenvalue weighted by Crippen LogP contribution is -2.16. The van der Waals surface area contributed by atoms with Crippen molar-refractivity contribution < 1.29 is 8.78 Å². The lowest BCUT2D eigenvalue weighted by atomic mass is 9.93. The van der Waals surface area contributed by atoms with Gasteiger partial charge in [0.25, 0.3) is 0 Å². The number of hydrogen-bond acceptors (Lipinski definition) is 2. The second kappa shape index (κ2) is 16.7. The zero-order valence-corrected chi connectivity index (χ0v) is 32.6. The number of rotatable bonds is 10. The van der Waals surface area contributed by atoms with Gasteiger partial charge >= 0.3 is 0 Å². The molecule has 0 amide bonds. The maximum Gasteiger partial charge on any atom is 0.127 e. The molecule has 0 aliphatic carbocycles. The third-order valence-electron chi connectivity index (χ3n) is 10.4. The molecule has 0 atom stereocenters. The average molecular weight is 787 g/mol. The fourth-order valence-electron chi connectivity index (χ4n) is 7.83. The maximum absolute atomic E-state index is 16.9. The van der Waals surface area contributed by atoms with Crippen LogP contribution < -0.4 is 9.80 Å². The fraction of sp³-hybridized carbons (Fsp3) is 0. The van der Waals surface area contributed by atoms with Crippen LogP contribution in [0.5, 0.6) is 0 Å². The van der Waals surface area contributed by atoms with E-state index in [1.165, 1.54) is 18.2 Å². The van der Waals surface area contributed by atoms with E-state index in [4.69, 9.17) is 11.6 Å². The highest BCUT2D eigenvalue weighted by Crippen LogP contribution is 2.51. The molecular formula is C54H37ClF2N2. The first-order valence-corrected chi connectivity index (χ1v) is 19.8. The van der Waals surface area contributed by atoms with Gasteiger partial charge < -0.3 is 9.80 Å². The van der Waals surface area contributed by atoms with Crippen LogP contribution in [0.4, 0.5) is 42.9 Å². The average Bonchev–Trinajstić information content (AvgIpc) is 3.28. The van der Waals surface area contributed by atoms with E-state index in [2.05, 4.69) is 83.8 Å². The van der Waals surface area contributed by atoms with Crippen LogP contribution in [-0.2, 0) is 0 Å². The van der Waals surface area contributed by atoms with Crippen molar-refractivity contribution in [3.05, 3.63) is 241 Å². The molecule has 0 fully saturated rings. The van der Waals surface area contributed by atoms with E-state index in [9.17, 15) is 0 Å². The zero-order valence-electron chi connectivity index (χ0n) is 31.9. The second-order valence-electron chi connectivity index (χ2n) is 14.2. The molecule has 0 saturated heterocycles. The molecule has 2 nitrogen and oxygen atoms in total. The Labute approximate surface area is 348 Å². The Morgan fingerprint density at radius 1 is 0.288 bits per heavy atom. The number of para-hydroxylation sites is 2. The smallest absolute Gasteiger partial charge is 0.127 e. The van der Waals surface area contributed by atoms with Gasteiger partial charge in [-0.15, -0.1) is 0 Å². The molecule has 284 valence electrons. The Morgan fingerprint density at radius 2 is 0.627 bits per heavy atom. The standard InChI is InChI=1S/C54H37ClF2N2/c55-42-25-13-27-45(33-42)58(53-49(38-17-5-1-6-18-38)29-15-30-50(53)39-19-7-2-8-20-39)47-35-44(57)36-48(37-47)59(46-28-14-26-43(56)34-46)54-51(40-21-9-3-10-22-40)31-16-32-52(54)41-23-11-4-12-24-41/h1-37H. The number of hydrogen-bond donors (Lipinski definition) is 0. The predicted octanol–water partition coefficient (Wildman–Crippen LogP) is 16.2. The lowest BCUT2D eigenvalue weighted by molar-refractivity contribution is 0.627. The molecule has 0 radical (unpaired) electrons. The van der Waals surface area contributed by atoms with Crippen LogP contribution >= 0.6 is 11.6 Å².